The summed E-state index contributed by atoms with van der Waals surface area (Å²) in [6.45, 7) is 0.158. The van der Waals surface area contributed by atoms with E-state index in [2.05, 4.69) is 5.32 Å². The van der Waals surface area contributed by atoms with Gasteiger partial charge in [-0.05, 0) is 35.9 Å². The zero-order valence-corrected chi connectivity index (χ0v) is 16.6. The molecule has 1 N–H and O–H groups in total. The highest BCUT2D eigenvalue weighted by atomic mass is 32.2. The Morgan fingerprint density at radius 1 is 1.12 bits per heavy atom. The van der Waals surface area contributed by atoms with E-state index in [1.807, 2.05) is 24.3 Å². The van der Waals surface area contributed by atoms with Gasteiger partial charge in [0.15, 0.2) is 0 Å². The molecular weight excluding hydrogens is 372 g/mol. The summed E-state index contributed by atoms with van der Waals surface area (Å²) >= 11 is 1.40. The molecule has 2 aromatic carbocycles. The molecule has 2 rings (SSSR count). The fraction of sp³-hybridized carbons (Fsp3) is 0.278. The van der Waals surface area contributed by atoms with E-state index in [1.165, 1.54) is 25.9 Å². The normalized spacial score (nSPS) is 11.4. The number of nitrogens with zero attached hydrogens (tertiary/aromatic N) is 1. The molecule has 1 amide bonds. The molecule has 26 heavy (non-hydrogen) atoms. The van der Waals surface area contributed by atoms with Gasteiger partial charge in [-0.3, -0.25) is 4.79 Å². The van der Waals surface area contributed by atoms with Crippen molar-refractivity contribution in [1.82, 2.24) is 9.62 Å². The van der Waals surface area contributed by atoms with Crippen molar-refractivity contribution in [2.45, 2.75) is 16.3 Å². The summed E-state index contributed by atoms with van der Waals surface area (Å²) in [5.74, 6) is 0.843. The van der Waals surface area contributed by atoms with Crippen LogP contribution in [0.2, 0.25) is 0 Å². The summed E-state index contributed by atoms with van der Waals surface area (Å²) in [5.41, 5.74) is 0.559. The van der Waals surface area contributed by atoms with E-state index in [9.17, 15) is 13.2 Å². The molecule has 140 valence electrons. The topological polar surface area (TPSA) is 75.7 Å². The Morgan fingerprint density at radius 2 is 1.77 bits per heavy atom. The second-order valence-electron chi connectivity index (χ2n) is 5.64. The number of sulfonamides is 1. The minimum absolute atomic E-state index is 0.158. The van der Waals surface area contributed by atoms with Crippen LogP contribution in [0.5, 0.6) is 5.75 Å². The lowest BCUT2D eigenvalue weighted by Gasteiger charge is -2.15. The quantitative estimate of drug-likeness (QED) is 0.696. The van der Waals surface area contributed by atoms with Crippen LogP contribution in [0.4, 0.5) is 0 Å². The number of carbonyl (C=O) groups is 1. The van der Waals surface area contributed by atoms with Crippen molar-refractivity contribution < 1.29 is 17.9 Å². The first-order valence-electron chi connectivity index (χ1n) is 7.88. The standard InChI is InChI=1S/C18H22N2O4S2/c1-20(2)26(22,23)17-7-5-4-6-14(17)12-19-18(21)13-25-16-10-8-15(24-3)9-11-16/h4-11H,12-13H2,1-3H3,(H,19,21). The summed E-state index contributed by atoms with van der Waals surface area (Å²) in [7, 11) is 1.01. The van der Waals surface area contributed by atoms with E-state index < -0.39 is 10.0 Å². The predicted octanol–water partition coefficient (Wildman–Crippen LogP) is 2.35. The van der Waals surface area contributed by atoms with E-state index in [-0.39, 0.29) is 23.1 Å². The Labute approximate surface area is 158 Å². The largest absolute Gasteiger partial charge is 0.497 e. The van der Waals surface area contributed by atoms with Crippen LogP contribution in [0, 0.1) is 0 Å². The Hall–Kier alpha value is -2.03. The lowest BCUT2D eigenvalue weighted by molar-refractivity contribution is -0.118. The van der Waals surface area contributed by atoms with Crippen LogP contribution < -0.4 is 10.1 Å². The van der Waals surface area contributed by atoms with E-state index in [0.717, 1.165) is 15.0 Å². The number of ether oxygens (including phenoxy) is 1. The Kier molecular flexibility index (Phi) is 7.07. The zero-order chi connectivity index (χ0) is 19.2. The number of methoxy groups -OCH3 is 1. The van der Waals surface area contributed by atoms with E-state index in [4.69, 9.17) is 4.74 Å². The average molecular weight is 395 g/mol. The summed E-state index contributed by atoms with van der Waals surface area (Å²) < 4.78 is 31.0. The summed E-state index contributed by atoms with van der Waals surface area (Å²) in [6, 6.07) is 14.1. The first kappa shape index (κ1) is 20.3. The number of hydrogen-bond acceptors (Lipinski definition) is 5. The zero-order valence-electron chi connectivity index (χ0n) is 14.9. The SMILES string of the molecule is COc1ccc(SCC(=O)NCc2ccccc2S(=O)(=O)N(C)C)cc1. The van der Waals surface area contributed by atoms with Crippen molar-refractivity contribution in [2.75, 3.05) is 27.0 Å². The van der Waals surface area contributed by atoms with Crippen LogP contribution in [-0.2, 0) is 21.4 Å². The van der Waals surface area contributed by atoms with Crippen LogP contribution in [0.1, 0.15) is 5.56 Å². The maximum Gasteiger partial charge on any atom is 0.242 e. The van der Waals surface area contributed by atoms with Gasteiger partial charge in [-0.1, -0.05) is 18.2 Å². The smallest absolute Gasteiger partial charge is 0.242 e. The highest BCUT2D eigenvalue weighted by Crippen LogP contribution is 2.21. The minimum Gasteiger partial charge on any atom is -0.497 e. The summed E-state index contributed by atoms with van der Waals surface area (Å²) in [6.07, 6.45) is 0. The molecule has 0 saturated heterocycles. The van der Waals surface area contributed by atoms with Gasteiger partial charge in [0.2, 0.25) is 15.9 Å². The van der Waals surface area contributed by atoms with Crippen molar-refractivity contribution in [3.05, 3.63) is 54.1 Å². The Morgan fingerprint density at radius 3 is 2.38 bits per heavy atom. The molecular formula is C18H22N2O4S2. The molecule has 0 heterocycles. The fourth-order valence-corrected chi connectivity index (χ4v) is 4.01. The molecule has 0 saturated carbocycles. The Balaban J connectivity index is 1.95. The molecule has 0 unspecified atom stereocenters. The van der Waals surface area contributed by atoms with Gasteiger partial charge in [0.05, 0.1) is 17.8 Å². The number of rotatable bonds is 8. The molecule has 0 aliphatic carbocycles. The van der Waals surface area contributed by atoms with Gasteiger partial charge in [-0.25, -0.2) is 12.7 Å². The monoisotopic (exact) mass is 394 g/mol. The molecule has 0 aromatic heterocycles. The molecule has 0 bridgehead atoms. The maximum absolute atomic E-state index is 12.4. The van der Waals surface area contributed by atoms with Gasteiger partial charge in [-0.2, -0.15) is 0 Å². The first-order valence-corrected chi connectivity index (χ1v) is 10.3. The summed E-state index contributed by atoms with van der Waals surface area (Å²) in [4.78, 5) is 13.2. The van der Waals surface area contributed by atoms with Crippen molar-refractivity contribution in [3.8, 4) is 5.75 Å². The van der Waals surface area contributed by atoms with Gasteiger partial charge >= 0.3 is 0 Å². The van der Waals surface area contributed by atoms with E-state index in [0.29, 0.717) is 5.56 Å². The third kappa shape index (κ3) is 5.23. The van der Waals surface area contributed by atoms with Crippen LogP contribution >= 0.6 is 11.8 Å². The van der Waals surface area contributed by atoms with Crippen molar-refractivity contribution in [1.29, 1.82) is 0 Å². The molecule has 0 aliphatic heterocycles. The molecule has 2 aromatic rings. The highest BCUT2D eigenvalue weighted by Gasteiger charge is 2.20. The number of nitrogens with one attached hydrogen (secondary N) is 1. The maximum atomic E-state index is 12.4. The molecule has 0 radical (unpaired) electrons. The van der Waals surface area contributed by atoms with Crippen LogP contribution in [0.25, 0.3) is 0 Å². The minimum atomic E-state index is -3.55. The Bertz CT molecular complexity index is 850. The number of hydrogen-bond donors (Lipinski definition) is 1. The average Bonchev–Trinajstić information content (AvgIpc) is 2.65. The van der Waals surface area contributed by atoms with Crippen molar-refractivity contribution >= 4 is 27.7 Å². The predicted molar refractivity (Wildman–Crippen MR) is 103 cm³/mol. The van der Waals surface area contributed by atoms with Gasteiger partial charge in [0.1, 0.15) is 5.75 Å². The number of amides is 1. The molecule has 0 spiro atoms. The third-order valence-corrected chi connectivity index (χ3v) is 6.56. The molecule has 0 atom stereocenters. The first-order chi connectivity index (χ1) is 12.3. The molecule has 6 nitrogen and oxygen atoms in total. The number of benzene rings is 2. The second-order valence-corrected chi connectivity index (χ2v) is 8.81. The number of thioether (sulfide) groups is 1. The van der Waals surface area contributed by atoms with E-state index in [1.54, 1.807) is 31.4 Å². The van der Waals surface area contributed by atoms with Gasteiger partial charge in [0, 0.05) is 25.5 Å². The third-order valence-electron chi connectivity index (χ3n) is 3.64. The van der Waals surface area contributed by atoms with Crippen LogP contribution in [0.15, 0.2) is 58.3 Å². The summed E-state index contributed by atoms with van der Waals surface area (Å²) in [5, 5.41) is 2.78. The lowest BCUT2D eigenvalue weighted by atomic mass is 10.2. The van der Waals surface area contributed by atoms with Crippen molar-refractivity contribution in [3.63, 3.8) is 0 Å². The van der Waals surface area contributed by atoms with Gasteiger partial charge in [-0.15, -0.1) is 11.8 Å². The number of carbonyl (C=O) groups excluding carboxylic acids is 1. The highest BCUT2D eigenvalue weighted by molar-refractivity contribution is 8.00. The van der Waals surface area contributed by atoms with Crippen LogP contribution in [0.3, 0.4) is 0 Å². The van der Waals surface area contributed by atoms with Crippen LogP contribution in [-0.4, -0.2) is 45.6 Å². The molecule has 8 heteroatoms. The van der Waals surface area contributed by atoms with E-state index >= 15 is 0 Å². The van der Waals surface area contributed by atoms with Gasteiger partial charge in [0.25, 0.3) is 0 Å². The van der Waals surface area contributed by atoms with Gasteiger partial charge < -0.3 is 10.1 Å². The second kappa shape index (κ2) is 9.07. The molecule has 0 aliphatic rings. The van der Waals surface area contributed by atoms with Crippen molar-refractivity contribution in [2.24, 2.45) is 0 Å². The fourth-order valence-electron chi connectivity index (χ4n) is 2.16. The molecule has 0 fully saturated rings. The lowest BCUT2D eigenvalue weighted by Crippen LogP contribution is -2.27.